The molecule has 0 aromatic heterocycles. The Balaban J connectivity index is 1.49. The molecule has 0 amide bonds. The lowest BCUT2D eigenvalue weighted by Gasteiger charge is -2.36. The molecule has 0 saturated carbocycles. The van der Waals surface area contributed by atoms with Gasteiger partial charge in [0, 0.05) is 28.1 Å². The fourth-order valence-electron chi connectivity index (χ4n) is 8.27. The van der Waals surface area contributed by atoms with Crippen molar-refractivity contribution in [3.05, 3.63) is 156 Å². The van der Waals surface area contributed by atoms with Crippen LogP contribution in [0.1, 0.15) is 37.5 Å². The summed E-state index contributed by atoms with van der Waals surface area (Å²) in [7, 11) is -2.07. The summed E-state index contributed by atoms with van der Waals surface area (Å²) in [6.45, 7) is 12.0. The topological polar surface area (TPSA) is 6.48 Å². The maximum absolute atomic E-state index is 2.54. The van der Waals surface area contributed by atoms with Gasteiger partial charge in [0.05, 0.1) is 11.4 Å². The maximum atomic E-state index is 2.54. The molecule has 240 valence electrons. The predicted octanol–water partition coefficient (Wildman–Crippen LogP) is 11.5. The SMILES string of the molecule is CC(C)(C)c1cc2c3c(ccc4c5cc(c(c43)CC2)N(c2ccccc2)c2cccc(c2)[Si](C)(C)c2cccc(c2)N5c2ccccc2)c1. The standard InChI is InChI=1S/C46H42N2Si/c1-46(2,3)33-26-31-22-24-40-42-30-43(41-25-23-32(27-33)44(31)45(40)41)48(35-16-10-7-11-17-35)37-19-13-21-39(29-37)49(4,5)38-20-12-18-36(28-38)47(42)34-14-8-6-9-15-34/h6-22,24,26-30H,23,25H2,1-5H3. The van der Waals surface area contributed by atoms with E-state index in [4.69, 9.17) is 0 Å². The smallest absolute Gasteiger partial charge is 0.112 e. The second-order valence-electron chi connectivity index (χ2n) is 15.4. The lowest BCUT2D eigenvalue weighted by molar-refractivity contribution is 0.590. The van der Waals surface area contributed by atoms with Crippen molar-refractivity contribution in [2.45, 2.75) is 52.1 Å². The van der Waals surface area contributed by atoms with Gasteiger partial charge < -0.3 is 9.80 Å². The molecule has 0 atom stereocenters. The van der Waals surface area contributed by atoms with E-state index in [1.54, 1.807) is 0 Å². The van der Waals surface area contributed by atoms with Crippen LogP contribution in [0.4, 0.5) is 34.1 Å². The van der Waals surface area contributed by atoms with Gasteiger partial charge in [-0.25, -0.2) is 0 Å². The van der Waals surface area contributed by atoms with E-state index in [2.05, 4.69) is 183 Å². The zero-order valence-electron chi connectivity index (χ0n) is 29.1. The van der Waals surface area contributed by atoms with Crippen molar-refractivity contribution in [1.29, 1.82) is 0 Å². The van der Waals surface area contributed by atoms with Crippen molar-refractivity contribution < 1.29 is 0 Å². The van der Waals surface area contributed by atoms with E-state index in [-0.39, 0.29) is 5.41 Å². The van der Waals surface area contributed by atoms with Crippen LogP contribution in [0, 0.1) is 0 Å². The molecule has 6 bridgehead atoms. The Morgan fingerprint density at radius 2 is 1.08 bits per heavy atom. The van der Waals surface area contributed by atoms with Gasteiger partial charge in [-0.2, -0.15) is 0 Å². The fraction of sp³-hybridized carbons (Fsp3) is 0.174. The van der Waals surface area contributed by atoms with Gasteiger partial charge in [-0.05, 0) is 106 Å². The molecule has 9 rings (SSSR count). The van der Waals surface area contributed by atoms with Crippen molar-refractivity contribution in [3.8, 4) is 0 Å². The lowest BCUT2D eigenvalue weighted by atomic mass is 9.79. The summed E-state index contributed by atoms with van der Waals surface area (Å²) in [5.74, 6) is 0. The Hall–Kier alpha value is -5.12. The summed E-state index contributed by atoms with van der Waals surface area (Å²) in [5.41, 5.74) is 11.7. The van der Waals surface area contributed by atoms with Crippen LogP contribution in [0.3, 0.4) is 0 Å². The number of rotatable bonds is 2. The molecule has 1 aliphatic heterocycles. The van der Waals surface area contributed by atoms with E-state index >= 15 is 0 Å². The Morgan fingerprint density at radius 1 is 0.510 bits per heavy atom. The van der Waals surface area contributed by atoms with Crippen molar-refractivity contribution in [1.82, 2.24) is 0 Å². The number of benzene rings is 7. The summed E-state index contributed by atoms with van der Waals surface area (Å²) >= 11 is 0. The van der Waals surface area contributed by atoms with Gasteiger partial charge in [-0.1, -0.05) is 129 Å². The third-order valence-electron chi connectivity index (χ3n) is 11.0. The summed E-state index contributed by atoms with van der Waals surface area (Å²) in [6, 6.07) is 53.0. The van der Waals surface area contributed by atoms with Crippen LogP contribution in [0.25, 0.3) is 21.5 Å². The van der Waals surface area contributed by atoms with Crippen LogP contribution in [-0.2, 0) is 18.3 Å². The quantitative estimate of drug-likeness (QED) is 0.136. The minimum Gasteiger partial charge on any atom is -0.310 e. The number of para-hydroxylation sites is 2. The van der Waals surface area contributed by atoms with Gasteiger partial charge >= 0.3 is 0 Å². The largest absolute Gasteiger partial charge is 0.310 e. The van der Waals surface area contributed by atoms with E-state index in [1.807, 2.05) is 0 Å². The zero-order valence-corrected chi connectivity index (χ0v) is 30.1. The van der Waals surface area contributed by atoms with Crippen molar-refractivity contribution in [3.63, 3.8) is 0 Å². The van der Waals surface area contributed by atoms with Gasteiger partial charge in [0.15, 0.2) is 0 Å². The van der Waals surface area contributed by atoms with Gasteiger partial charge in [0.1, 0.15) is 8.07 Å². The van der Waals surface area contributed by atoms with Gasteiger partial charge in [-0.3, -0.25) is 0 Å². The molecular formula is C46H42N2Si. The molecule has 49 heavy (non-hydrogen) atoms. The second kappa shape index (κ2) is 10.9. The fourth-order valence-corrected chi connectivity index (χ4v) is 10.7. The third kappa shape index (κ3) is 4.75. The summed E-state index contributed by atoms with van der Waals surface area (Å²) in [6.07, 6.45) is 2.03. The molecule has 1 aliphatic carbocycles. The first-order chi connectivity index (χ1) is 23.7. The minimum atomic E-state index is -2.07. The molecule has 0 saturated heterocycles. The lowest BCUT2D eigenvalue weighted by Crippen LogP contribution is -2.53. The highest BCUT2D eigenvalue weighted by Crippen LogP contribution is 2.51. The van der Waals surface area contributed by atoms with Crippen molar-refractivity contribution in [2.75, 3.05) is 9.80 Å². The molecule has 7 aromatic carbocycles. The molecule has 0 fully saturated rings. The van der Waals surface area contributed by atoms with Crippen LogP contribution in [-0.4, -0.2) is 8.07 Å². The molecular weight excluding hydrogens is 609 g/mol. The van der Waals surface area contributed by atoms with Crippen LogP contribution >= 0.6 is 0 Å². The van der Waals surface area contributed by atoms with Crippen molar-refractivity contribution >= 4 is 74.1 Å². The normalized spacial score (nSPS) is 15.0. The first kappa shape index (κ1) is 30.0. The zero-order chi connectivity index (χ0) is 33.5. The maximum Gasteiger partial charge on any atom is 0.112 e. The van der Waals surface area contributed by atoms with E-state index in [0.29, 0.717) is 0 Å². The van der Waals surface area contributed by atoms with Crippen molar-refractivity contribution in [2.24, 2.45) is 0 Å². The number of aryl methyl sites for hydroxylation is 2. The monoisotopic (exact) mass is 650 g/mol. The first-order valence-electron chi connectivity index (χ1n) is 17.7. The summed E-state index contributed by atoms with van der Waals surface area (Å²) < 4.78 is 0. The van der Waals surface area contributed by atoms with Gasteiger partial charge in [0.2, 0.25) is 0 Å². The predicted molar refractivity (Wildman–Crippen MR) is 214 cm³/mol. The van der Waals surface area contributed by atoms with Crippen LogP contribution < -0.4 is 20.2 Å². The Kier molecular flexibility index (Phi) is 6.70. The summed E-state index contributed by atoms with van der Waals surface area (Å²) in [4.78, 5) is 5.05. The van der Waals surface area contributed by atoms with Gasteiger partial charge in [-0.15, -0.1) is 0 Å². The highest BCUT2D eigenvalue weighted by atomic mass is 28.3. The molecule has 0 radical (unpaired) electrons. The minimum absolute atomic E-state index is 0.0854. The van der Waals surface area contributed by atoms with E-state index in [9.17, 15) is 0 Å². The first-order valence-corrected chi connectivity index (χ1v) is 20.7. The Morgan fingerprint density at radius 3 is 1.67 bits per heavy atom. The number of hydrogen-bond acceptors (Lipinski definition) is 2. The molecule has 2 aliphatic rings. The van der Waals surface area contributed by atoms with Crippen LogP contribution in [0.2, 0.25) is 13.1 Å². The molecule has 2 nitrogen and oxygen atoms in total. The number of fused-ring (bicyclic) bond motifs is 8. The van der Waals surface area contributed by atoms with Crippen LogP contribution in [0.15, 0.2) is 140 Å². The molecule has 3 heteroatoms. The Bertz CT molecular complexity index is 2400. The van der Waals surface area contributed by atoms with E-state index in [0.717, 1.165) is 12.8 Å². The summed E-state index contributed by atoms with van der Waals surface area (Å²) in [5, 5.41) is 8.33. The van der Waals surface area contributed by atoms with E-state index in [1.165, 1.54) is 82.7 Å². The number of nitrogens with zero attached hydrogens (tertiary/aromatic N) is 2. The molecule has 1 heterocycles. The average Bonchev–Trinajstić information content (AvgIpc) is 3.12. The average molecular weight is 651 g/mol. The molecule has 7 aromatic rings. The van der Waals surface area contributed by atoms with Gasteiger partial charge in [0.25, 0.3) is 0 Å². The number of anilines is 6. The highest BCUT2D eigenvalue weighted by molar-refractivity contribution is 7.00. The molecule has 0 N–H and O–H groups in total. The Labute approximate surface area is 291 Å². The molecule has 0 spiro atoms. The highest BCUT2D eigenvalue weighted by Gasteiger charge is 2.32. The van der Waals surface area contributed by atoms with E-state index < -0.39 is 8.07 Å². The van der Waals surface area contributed by atoms with Crippen LogP contribution in [0.5, 0.6) is 0 Å². The molecule has 0 unspecified atom stereocenters. The number of hydrogen-bond donors (Lipinski definition) is 0. The second-order valence-corrected chi connectivity index (χ2v) is 19.8. The third-order valence-corrected chi connectivity index (χ3v) is 14.5.